The molecule has 1 unspecified atom stereocenters. The highest BCUT2D eigenvalue weighted by Gasteiger charge is 2.19. The summed E-state index contributed by atoms with van der Waals surface area (Å²) in [5, 5.41) is 12.6. The Balaban J connectivity index is 2.92. The standard InChI is InChI=1S/C14H17ClN2O2/c1-3-4-5-12(14(18)19-2)17-13-8-11(15)7-6-10(13)9-16/h6-8,12,17H,3-5H2,1-2H3. The van der Waals surface area contributed by atoms with Crippen LogP contribution in [0.1, 0.15) is 31.7 Å². The average molecular weight is 281 g/mol. The fraction of sp³-hybridized carbons (Fsp3) is 0.429. The average Bonchev–Trinajstić information content (AvgIpc) is 2.42. The molecule has 0 aromatic heterocycles. The number of hydrogen-bond donors (Lipinski definition) is 1. The first-order valence-corrected chi connectivity index (χ1v) is 6.54. The van der Waals surface area contributed by atoms with E-state index in [1.807, 2.05) is 0 Å². The number of nitrogens with one attached hydrogen (secondary N) is 1. The summed E-state index contributed by atoms with van der Waals surface area (Å²) in [6, 6.07) is 6.51. The van der Waals surface area contributed by atoms with Gasteiger partial charge in [0.15, 0.2) is 0 Å². The summed E-state index contributed by atoms with van der Waals surface area (Å²) in [4.78, 5) is 11.7. The van der Waals surface area contributed by atoms with E-state index in [4.69, 9.17) is 21.6 Å². The molecule has 0 amide bonds. The Labute approximate surface area is 118 Å². The second kappa shape index (κ2) is 7.65. The van der Waals surface area contributed by atoms with Crippen LogP contribution in [0.3, 0.4) is 0 Å². The fourth-order valence-corrected chi connectivity index (χ4v) is 1.89. The Bertz CT molecular complexity index is 483. The number of rotatable bonds is 6. The predicted molar refractivity (Wildman–Crippen MR) is 75.1 cm³/mol. The van der Waals surface area contributed by atoms with E-state index in [-0.39, 0.29) is 5.97 Å². The van der Waals surface area contributed by atoms with Crippen LogP contribution in [0, 0.1) is 11.3 Å². The van der Waals surface area contributed by atoms with E-state index in [0.29, 0.717) is 22.7 Å². The maximum absolute atomic E-state index is 11.7. The number of benzene rings is 1. The second-order valence-corrected chi connectivity index (χ2v) is 4.60. The molecular formula is C14H17ClN2O2. The molecule has 4 nitrogen and oxygen atoms in total. The lowest BCUT2D eigenvalue weighted by Gasteiger charge is -2.18. The van der Waals surface area contributed by atoms with Crippen molar-refractivity contribution in [3.05, 3.63) is 28.8 Å². The van der Waals surface area contributed by atoms with E-state index in [9.17, 15) is 4.79 Å². The molecule has 1 rings (SSSR count). The van der Waals surface area contributed by atoms with Gasteiger partial charge in [-0.05, 0) is 24.6 Å². The Kier molecular flexibility index (Phi) is 6.17. The zero-order valence-electron chi connectivity index (χ0n) is 11.1. The monoisotopic (exact) mass is 280 g/mol. The van der Waals surface area contributed by atoms with Crippen LogP contribution >= 0.6 is 11.6 Å². The number of halogens is 1. The van der Waals surface area contributed by atoms with Crippen molar-refractivity contribution in [3.63, 3.8) is 0 Å². The number of esters is 1. The Morgan fingerprint density at radius 1 is 1.58 bits per heavy atom. The lowest BCUT2D eigenvalue weighted by Crippen LogP contribution is -2.30. The van der Waals surface area contributed by atoms with Crippen LogP contribution in [-0.2, 0) is 9.53 Å². The number of nitriles is 1. The molecule has 19 heavy (non-hydrogen) atoms. The van der Waals surface area contributed by atoms with Crippen molar-refractivity contribution in [1.82, 2.24) is 0 Å². The van der Waals surface area contributed by atoms with Gasteiger partial charge in [0.2, 0.25) is 0 Å². The van der Waals surface area contributed by atoms with E-state index < -0.39 is 6.04 Å². The number of hydrogen-bond acceptors (Lipinski definition) is 4. The molecule has 102 valence electrons. The Hall–Kier alpha value is -1.73. The minimum absolute atomic E-state index is 0.336. The highest BCUT2D eigenvalue weighted by Crippen LogP contribution is 2.22. The molecule has 1 aromatic rings. The molecule has 0 spiro atoms. The van der Waals surface area contributed by atoms with Gasteiger partial charge >= 0.3 is 5.97 Å². The van der Waals surface area contributed by atoms with Crippen LogP contribution in [0.2, 0.25) is 5.02 Å². The minimum Gasteiger partial charge on any atom is -0.467 e. The highest BCUT2D eigenvalue weighted by atomic mass is 35.5. The quantitative estimate of drug-likeness (QED) is 0.812. The maximum atomic E-state index is 11.7. The number of methoxy groups -OCH3 is 1. The minimum atomic E-state index is -0.462. The smallest absolute Gasteiger partial charge is 0.328 e. The van der Waals surface area contributed by atoms with Crippen molar-refractivity contribution in [2.75, 3.05) is 12.4 Å². The molecule has 1 atom stereocenters. The first-order chi connectivity index (χ1) is 9.12. The normalized spacial score (nSPS) is 11.5. The molecule has 1 N–H and O–H groups in total. The van der Waals surface area contributed by atoms with Crippen molar-refractivity contribution in [2.24, 2.45) is 0 Å². The van der Waals surface area contributed by atoms with Crippen LogP contribution in [0.5, 0.6) is 0 Å². The van der Waals surface area contributed by atoms with E-state index in [1.165, 1.54) is 7.11 Å². The first kappa shape index (κ1) is 15.3. The first-order valence-electron chi connectivity index (χ1n) is 6.16. The lowest BCUT2D eigenvalue weighted by atomic mass is 10.1. The summed E-state index contributed by atoms with van der Waals surface area (Å²) < 4.78 is 4.77. The maximum Gasteiger partial charge on any atom is 0.328 e. The van der Waals surface area contributed by atoms with Crippen LogP contribution in [0.25, 0.3) is 0 Å². The molecule has 0 saturated heterocycles. The van der Waals surface area contributed by atoms with Gasteiger partial charge in [-0.25, -0.2) is 4.79 Å². The molecule has 0 heterocycles. The Morgan fingerprint density at radius 2 is 2.32 bits per heavy atom. The van der Waals surface area contributed by atoms with Crippen LogP contribution in [0.15, 0.2) is 18.2 Å². The third kappa shape index (κ3) is 4.46. The Morgan fingerprint density at radius 3 is 2.89 bits per heavy atom. The molecule has 0 aliphatic rings. The van der Waals surface area contributed by atoms with E-state index >= 15 is 0 Å². The molecule has 0 aliphatic heterocycles. The number of carbonyl (C=O) groups excluding carboxylic acids is 1. The van der Waals surface area contributed by atoms with Gasteiger partial charge in [-0.2, -0.15) is 5.26 Å². The summed E-state index contributed by atoms with van der Waals surface area (Å²) in [5.74, 6) is -0.336. The topological polar surface area (TPSA) is 62.1 Å². The van der Waals surface area contributed by atoms with E-state index in [0.717, 1.165) is 12.8 Å². The number of ether oxygens (including phenoxy) is 1. The number of anilines is 1. The summed E-state index contributed by atoms with van der Waals surface area (Å²) in [5.41, 5.74) is 1.01. The summed E-state index contributed by atoms with van der Waals surface area (Å²) in [6.45, 7) is 2.05. The van der Waals surface area contributed by atoms with Gasteiger partial charge in [-0.15, -0.1) is 0 Å². The van der Waals surface area contributed by atoms with Gasteiger partial charge in [0.25, 0.3) is 0 Å². The van der Waals surface area contributed by atoms with Crippen LogP contribution in [0.4, 0.5) is 5.69 Å². The van der Waals surface area contributed by atoms with Gasteiger partial charge in [0.05, 0.1) is 18.4 Å². The van der Waals surface area contributed by atoms with Gasteiger partial charge in [0.1, 0.15) is 12.1 Å². The van der Waals surface area contributed by atoms with Crippen molar-refractivity contribution in [1.29, 1.82) is 5.26 Å². The van der Waals surface area contributed by atoms with E-state index in [1.54, 1.807) is 18.2 Å². The van der Waals surface area contributed by atoms with Crippen molar-refractivity contribution in [3.8, 4) is 6.07 Å². The summed E-state index contributed by atoms with van der Waals surface area (Å²) in [6.07, 6.45) is 2.53. The molecule has 0 fully saturated rings. The summed E-state index contributed by atoms with van der Waals surface area (Å²) >= 11 is 5.91. The molecule has 0 bridgehead atoms. The van der Waals surface area contributed by atoms with Crippen molar-refractivity contribution >= 4 is 23.3 Å². The number of carbonyl (C=O) groups is 1. The molecule has 1 aromatic carbocycles. The van der Waals surface area contributed by atoms with E-state index in [2.05, 4.69) is 18.3 Å². The predicted octanol–water partition coefficient (Wildman–Crippen LogP) is 3.36. The van der Waals surface area contributed by atoms with Gasteiger partial charge in [-0.3, -0.25) is 0 Å². The largest absolute Gasteiger partial charge is 0.467 e. The number of unbranched alkanes of at least 4 members (excludes halogenated alkanes) is 1. The number of nitrogens with zero attached hydrogens (tertiary/aromatic N) is 1. The molecule has 0 radical (unpaired) electrons. The SMILES string of the molecule is CCCCC(Nc1cc(Cl)ccc1C#N)C(=O)OC. The van der Waals surface area contributed by atoms with Crippen LogP contribution < -0.4 is 5.32 Å². The zero-order chi connectivity index (χ0) is 14.3. The van der Waals surface area contributed by atoms with Gasteiger partial charge in [-0.1, -0.05) is 31.4 Å². The highest BCUT2D eigenvalue weighted by molar-refractivity contribution is 6.30. The molecule has 5 heteroatoms. The second-order valence-electron chi connectivity index (χ2n) is 4.16. The third-order valence-electron chi connectivity index (χ3n) is 2.76. The van der Waals surface area contributed by atoms with Crippen LogP contribution in [-0.4, -0.2) is 19.1 Å². The molecule has 0 aliphatic carbocycles. The van der Waals surface area contributed by atoms with Crippen molar-refractivity contribution in [2.45, 2.75) is 32.2 Å². The molecule has 0 saturated carbocycles. The summed E-state index contributed by atoms with van der Waals surface area (Å²) in [7, 11) is 1.35. The van der Waals surface area contributed by atoms with Gasteiger partial charge in [0, 0.05) is 5.02 Å². The van der Waals surface area contributed by atoms with Gasteiger partial charge < -0.3 is 10.1 Å². The lowest BCUT2D eigenvalue weighted by molar-refractivity contribution is -0.141. The fourth-order valence-electron chi connectivity index (χ4n) is 1.72. The third-order valence-corrected chi connectivity index (χ3v) is 3.00. The molecular weight excluding hydrogens is 264 g/mol. The zero-order valence-corrected chi connectivity index (χ0v) is 11.8. The van der Waals surface area contributed by atoms with Crippen molar-refractivity contribution < 1.29 is 9.53 Å².